The SMILES string of the molecule is COc1ccc(-c2cc3cnccc3[nH]2)cc1NCc1cccnc1. The number of nitrogens with one attached hydrogen (secondary N) is 2. The lowest BCUT2D eigenvalue weighted by Gasteiger charge is -2.12. The van der Waals surface area contributed by atoms with Crippen molar-refractivity contribution >= 4 is 16.6 Å². The molecule has 0 unspecified atom stereocenters. The van der Waals surface area contributed by atoms with E-state index < -0.39 is 0 Å². The fraction of sp³-hybridized carbons (Fsp3) is 0.100. The number of hydrogen-bond donors (Lipinski definition) is 2. The van der Waals surface area contributed by atoms with Crippen LogP contribution in [0.2, 0.25) is 0 Å². The van der Waals surface area contributed by atoms with Crippen LogP contribution in [-0.4, -0.2) is 22.1 Å². The summed E-state index contributed by atoms with van der Waals surface area (Å²) in [5.74, 6) is 0.811. The first kappa shape index (κ1) is 15.2. The van der Waals surface area contributed by atoms with Gasteiger partial charge < -0.3 is 15.0 Å². The largest absolute Gasteiger partial charge is 0.495 e. The first-order valence-electron chi connectivity index (χ1n) is 8.07. The smallest absolute Gasteiger partial charge is 0.142 e. The van der Waals surface area contributed by atoms with Gasteiger partial charge in [0.25, 0.3) is 0 Å². The molecule has 1 aromatic carbocycles. The molecule has 0 radical (unpaired) electrons. The Balaban J connectivity index is 1.65. The summed E-state index contributed by atoms with van der Waals surface area (Å²) >= 11 is 0. The number of aromatic nitrogens is 3. The molecule has 2 N–H and O–H groups in total. The highest BCUT2D eigenvalue weighted by Gasteiger charge is 2.08. The van der Waals surface area contributed by atoms with E-state index in [1.165, 1.54) is 0 Å². The second kappa shape index (κ2) is 6.65. The van der Waals surface area contributed by atoms with Crippen molar-refractivity contribution in [1.82, 2.24) is 15.0 Å². The zero-order valence-corrected chi connectivity index (χ0v) is 13.9. The van der Waals surface area contributed by atoms with E-state index in [0.717, 1.165) is 39.2 Å². The summed E-state index contributed by atoms with van der Waals surface area (Å²) in [5.41, 5.74) is 5.28. The molecule has 5 nitrogen and oxygen atoms in total. The van der Waals surface area contributed by atoms with Gasteiger partial charge in [-0.15, -0.1) is 0 Å². The molecule has 0 saturated heterocycles. The molecule has 0 aliphatic carbocycles. The quantitative estimate of drug-likeness (QED) is 0.574. The first-order valence-corrected chi connectivity index (χ1v) is 8.07. The topological polar surface area (TPSA) is 62.8 Å². The number of aromatic amines is 1. The van der Waals surface area contributed by atoms with Crippen molar-refractivity contribution in [2.75, 3.05) is 12.4 Å². The predicted octanol–water partition coefficient (Wildman–Crippen LogP) is 4.25. The third kappa shape index (κ3) is 3.17. The molecule has 4 aromatic rings. The van der Waals surface area contributed by atoms with E-state index >= 15 is 0 Å². The number of anilines is 1. The summed E-state index contributed by atoms with van der Waals surface area (Å²) < 4.78 is 5.49. The van der Waals surface area contributed by atoms with Crippen molar-refractivity contribution in [3.8, 4) is 17.0 Å². The van der Waals surface area contributed by atoms with Crippen LogP contribution in [0.4, 0.5) is 5.69 Å². The van der Waals surface area contributed by atoms with Crippen LogP contribution in [0.3, 0.4) is 0 Å². The van der Waals surface area contributed by atoms with Gasteiger partial charge in [0.15, 0.2) is 0 Å². The fourth-order valence-electron chi connectivity index (χ4n) is 2.84. The van der Waals surface area contributed by atoms with Crippen LogP contribution in [0.5, 0.6) is 5.75 Å². The van der Waals surface area contributed by atoms with Gasteiger partial charge in [-0.05, 0) is 42.0 Å². The Kier molecular flexibility index (Phi) is 4.04. The molecule has 3 aromatic heterocycles. The van der Waals surface area contributed by atoms with Crippen molar-refractivity contribution in [1.29, 1.82) is 0 Å². The number of nitrogens with zero attached hydrogens (tertiary/aromatic N) is 2. The van der Waals surface area contributed by atoms with Gasteiger partial charge in [-0.1, -0.05) is 6.07 Å². The number of methoxy groups -OCH3 is 1. The van der Waals surface area contributed by atoms with Gasteiger partial charge in [0.05, 0.1) is 12.8 Å². The highest BCUT2D eigenvalue weighted by molar-refractivity contribution is 5.85. The standard InChI is InChI=1S/C20H18N4O/c1-25-20-5-4-15(18-10-16-13-22-8-6-17(16)24-18)9-19(20)23-12-14-3-2-7-21-11-14/h2-11,13,23-24H,12H2,1H3. The van der Waals surface area contributed by atoms with Crippen molar-refractivity contribution < 1.29 is 4.74 Å². The third-order valence-electron chi connectivity index (χ3n) is 4.14. The summed E-state index contributed by atoms with van der Waals surface area (Å²) in [5, 5.41) is 4.53. The van der Waals surface area contributed by atoms with E-state index in [1.54, 1.807) is 19.5 Å². The molecule has 0 bridgehead atoms. The molecule has 0 aliphatic rings. The Morgan fingerprint density at radius 1 is 1.04 bits per heavy atom. The summed E-state index contributed by atoms with van der Waals surface area (Å²) in [7, 11) is 1.68. The average Bonchev–Trinajstić information content (AvgIpc) is 3.11. The number of fused-ring (bicyclic) bond motifs is 1. The predicted molar refractivity (Wildman–Crippen MR) is 99.6 cm³/mol. The Hall–Kier alpha value is -3.34. The lowest BCUT2D eigenvalue weighted by molar-refractivity contribution is 0.416. The van der Waals surface area contributed by atoms with E-state index in [-0.39, 0.29) is 0 Å². The Bertz CT molecular complexity index is 962. The fourth-order valence-corrected chi connectivity index (χ4v) is 2.84. The van der Waals surface area contributed by atoms with E-state index in [1.807, 2.05) is 42.7 Å². The van der Waals surface area contributed by atoms with Crippen molar-refractivity contribution in [2.45, 2.75) is 6.54 Å². The minimum absolute atomic E-state index is 0.685. The zero-order valence-electron chi connectivity index (χ0n) is 13.9. The van der Waals surface area contributed by atoms with Gasteiger partial charge in [-0.3, -0.25) is 9.97 Å². The van der Waals surface area contributed by atoms with Crippen LogP contribution >= 0.6 is 0 Å². The maximum Gasteiger partial charge on any atom is 0.142 e. The molecule has 0 fully saturated rings. The molecule has 0 spiro atoms. The lowest BCUT2D eigenvalue weighted by Crippen LogP contribution is -2.02. The van der Waals surface area contributed by atoms with Crippen LogP contribution in [0.25, 0.3) is 22.2 Å². The highest BCUT2D eigenvalue weighted by Crippen LogP contribution is 2.32. The van der Waals surface area contributed by atoms with Crippen LogP contribution in [0.15, 0.2) is 67.3 Å². The van der Waals surface area contributed by atoms with Crippen molar-refractivity contribution in [3.05, 3.63) is 72.8 Å². The molecule has 0 aliphatic heterocycles. The number of hydrogen-bond acceptors (Lipinski definition) is 4. The van der Waals surface area contributed by atoms with Gasteiger partial charge >= 0.3 is 0 Å². The summed E-state index contributed by atoms with van der Waals surface area (Å²) in [6.45, 7) is 0.685. The van der Waals surface area contributed by atoms with Gasteiger partial charge in [0, 0.05) is 53.5 Å². The van der Waals surface area contributed by atoms with Crippen LogP contribution in [0, 0.1) is 0 Å². The summed E-state index contributed by atoms with van der Waals surface area (Å²) in [4.78, 5) is 11.7. The highest BCUT2D eigenvalue weighted by atomic mass is 16.5. The average molecular weight is 330 g/mol. The van der Waals surface area contributed by atoms with Gasteiger partial charge in [0.1, 0.15) is 5.75 Å². The van der Waals surface area contributed by atoms with Crippen LogP contribution in [0.1, 0.15) is 5.56 Å². The monoisotopic (exact) mass is 330 g/mol. The maximum atomic E-state index is 5.49. The number of pyridine rings is 2. The zero-order chi connectivity index (χ0) is 17.1. The Labute approximate surface area is 145 Å². The molecule has 5 heteroatoms. The minimum Gasteiger partial charge on any atom is -0.495 e. The van der Waals surface area contributed by atoms with Crippen molar-refractivity contribution in [2.24, 2.45) is 0 Å². The summed E-state index contributed by atoms with van der Waals surface area (Å²) in [6, 6.07) is 14.2. The van der Waals surface area contributed by atoms with Gasteiger partial charge in [-0.25, -0.2) is 0 Å². The van der Waals surface area contributed by atoms with E-state index in [0.29, 0.717) is 6.54 Å². The molecule has 0 amide bonds. The van der Waals surface area contributed by atoms with Crippen molar-refractivity contribution in [3.63, 3.8) is 0 Å². The number of rotatable bonds is 5. The van der Waals surface area contributed by atoms with E-state index in [2.05, 4.69) is 32.4 Å². The van der Waals surface area contributed by atoms with Crippen LogP contribution < -0.4 is 10.1 Å². The Morgan fingerprint density at radius 3 is 2.76 bits per heavy atom. The molecule has 4 rings (SSSR count). The third-order valence-corrected chi connectivity index (χ3v) is 4.14. The molecular formula is C20H18N4O. The van der Waals surface area contributed by atoms with Gasteiger partial charge in [0.2, 0.25) is 0 Å². The second-order valence-corrected chi connectivity index (χ2v) is 5.78. The van der Waals surface area contributed by atoms with Crippen LogP contribution in [-0.2, 0) is 6.54 Å². The van der Waals surface area contributed by atoms with E-state index in [4.69, 9.17) is 4.74 Å². The summed E-state index contributed by atoms with van der Waals surface area (Å²) in [6.07, 6.45) is 7.28. The van der Waals surface area contributed by atoms with Gasteiger partial charge in [-0.2, -0.15) is 0 Å². The molecule has 25 heavy (non-hydrogen) atoms. The first-order chi connectivity index (χ1) is 12.3. The molecule has 124 valence electrons. The maximum absolute atomic E-state index is 5.49. The molecule has 0 saturated carbocycles. The lowest BCUT2D eigenvalue weighted by atomic mass is 10.1. The Morgan fingerprint density at radius 2 is 1.96 bits per heavy atom. The molecule has 0 atom stereocenters. The normalized spacial score (nSPS) is 10.8. The number of benzene rings is 1. The molecular weight excluding hydrogens is 312 g/mol. The van der Waals surface area contributed by atoms with E-state index in [9.17, 15) is 0 Å². The minimum atomic E-state index is 0.685. The number of H-pyrrole nitrogens is 1. The number of ether oxygens (including phenoxy) is 1. The molecule has 3 heterocycles. The second-order valence-electron chi connectivity index (χ2n) is 5.78.